The normalized spacial score (nSPS) is 14.8. The molecule has 190 valence electrons. The Hall–Kier alpha value is -3.10. The summed E-state index contributed by atoms with van der Waals surface area (Å²) < 4.78 is 79.7. The fourth-order valence-corrected chi connectivity index (χ4v) is 3.47. The van der Waals surface area contributed by atoms with Gasteiger partial charge in [0.2, 0.25) is 5.91 Å². The summed E-state index contributed by atoms with van der Waals surface area (Å²) in [5.41, 5.74) is 0.380. The fourth-order valence-electron chi connectivity index (χ4n) is 3.47. The molecule has 0 aliphatic carbocycles. The molecule has 3 atom stereocenters. The van der Waals surface area contributed by atoms with Crippen LogP contribution in [0.3, 0.4) is 0 Å². The summed E-state index contributed by atoms with van der Waals surface area (Å²) in [6.07, 6.45) is -12.1. The number of nitrogens with zero attached hydrogens (tertiary/aromatic N) is 1. The van der Waals surface area contributed by atoms with Crippen LogP contribution >= 0.6 is 0 Å². The van der Waals surface area contributed by atoms with Crippen LogP contribution in [-0.2, 0) is 4.79 Å². The molecule has 0 spiro atoms. The van der Waals surface area contributed by atoms with Gasteiger partial charge in [0.25, 0.3) is 0 Å². The molecule has 0 heterocycles. The number of amides is 1. The molecule has 0 bridgehead atoms. The van der Waals surface area contributed by atoms with Crippen molar-refractivity contribution < 1.29 is 36.2 Å². The van der Waals surface area contributed by atoms with E-state index < -0.39 is 36.4 Å². The summed E-state index contributed by atoms with van der Waals surface area (Å²) in [4.78, 5) is 12.3. The molecule has 3 N–H and O–H groups in total. The maximum atomic E-state index is 13.9. The number of nitrogens with one attached hydrogen (secondary N) is 2. The highest BCUT2D eigenvalue weighted by atomic mass is 19.4. The molecule has 0 radical (unpaired) electrons. The number of alkyl halides is 6. The third kappa shape index (κ3) is 7.97. The number of benzene rings is 2. The highest BCUT2D eigenvalue weighted by Crippen LogP contribution is 2.36. The van der Waals surface area contributed by atoms with Gasteiger partial charge in [0.05, 0.1) is 12.1 Å². The maximum absolute atomic E-state index is 13.9. The minimum absolute atomic E-state index is 0.101. The van der Waals surface area contributed by atoms with Crippen LogP contribution < -0.4 is 10.6 Å². The predicted octanol–water partition coefficient (Wildman–Crippen LogP) is 5.20. The van der Waals surface area contributed by atoms with Crippen molar-refractivity contribution in [3.63, 3.8) is 0 Å². The lowest BCUT2D eigenvalue weighted by Gasteiger charge is -2.28. The van der Waals surface area contributed by atoms with Crippen molar-refractivity contribution in [2.45, 2.75) is 50.8 Å². The number of rotatable bonds is 9. The zero-order valence-corrected chi connectivity index (χ0v) is 18.9. The van der Waals surface area contributed by atoms with Crippen LogP contribution in [0.1, 0.15) is 43.5 Å². The number of carbonyl (C=O) groups excluding carboxylic acids is 1. The van der Waals surface area contributed by atoms with Gasteiger partial charge in [-0.3, -0.25) is 10.1 Å². The Morgan fingerprint density at radius 2 is 1.40 bits per heavy atom. The van der Waals surface area contributed by atoms with Crippen LogP contribution in [0.2, 0.25) is 0 Å². The summed E-state index contributed by atoms with van der Waals surface area (Å²) >= 11 is 0. The van der Waals surface area contributed by atoms with Crippen LogP contribution in [0.25, 0.3) is 11.1 Å². The van der Waals surface area contributed by atoms with E-state index in [9.17, 15) is 36.2 Å². The Kier molecular flexibility index (Phi) is 9.29. The lowest BCUT2D eigenvalue weighted by molar-refractivity contribution is -0.206. The first-order chi connectivity index (χ1) is 16.2. The third-order valence-corrected chi connectivity index (χ3v) is 5.17. The number of hydrogen-bond donors (Lipinski definition) is 3. The quantitative estimate of drug-likeness (QED) is 0.326. The van der Waals surface area contributed by atoms with E-state index >= 15 is 0 Å². The van der Waals surface area contributed by atoms with Gasteiger partial charge in [-0.05, 0) is 34.6 Å². The van der Waals surface area contributed by atoms with Crippen molar-refractivity contribution in [1.29, 1.82) is 5.26 Å². The number of carbonyl (C=O) groups is 1. The molecule has 0 saturated heterocycles. The molecule has 0 aromatic heterocycles. The molecule has 35 heavy (non-hydrogen) atoms. The van der Waals surface area contributed by atoms with Gasteiger partial charge in [-0.15, -0.1) is 0 Å². The molecule has 1 amide bonds. The van der Waals surface area contributed by atoms with Gasteiger partial charge in [0.15, 0.2) is 6.10 Å². The Morgan fingerprint density at radius 3 is 1.80 bits per heavy atom. The summed E-state index contributed by atoms with van der Waals surface area (Å²) in [5.74, 6) is -0.817. The Labute approximate surface area is 198 Å². The highest BCUT2D eigenvalue weighted by Gasteiger charge is 2.43. The molecule has 11 heteroatoms. The van der Waals surface area contributed by atoms with Crippen molar-refractivity contribution in [2.75, 3.05) is 6.54 Å². The van der Waals surface area contributed by atoms with E-state index in [1.54, 1.807) is 19.9 Å². The molecule has 5 nitrogen and oxygen atoms in total. The van der Waals surface area contributed by atoms with E-state index in [-0.39, 0.29) is 30.0 Å². The van der Waals surface area contributed by atoms with Crippen LogP contribution in [0.4, 0.5) is 26.3 Å². The zero-order chi connectivity index (χ0) is 26.4. The Bertz CT molecular complexity index is 1010. The van der Waals surface area contributed by atoms with Crippen molar-refractivity contribution >= 4 is 5.91 Å². The predicted molar refractivity (Wildman–Crippen MR) is 117 cm³/mol. The number of halogens is 6. The number of aliphatic hydroxyl groups is 1. The van der Waals surface area contributed by atoms with Gasteiger partial charge < -0.3 is 10.4 Å². The van der Waals surface area contributed by atoms with E-state index in [1.807, 2.05) is 0 Å². The summed E-state index contributed by atoms with van der Waals surface area (Å²) in [6.45, 7) is 3.17. The first-order valence-corrected chi connectivity index (χ1v) is 10.7. The molecule has 0 fully saturated rings. The van der Waals surface area contributed by atoms with Crippen molar-refractivity contribution in [1.82, 2.24) is 10.6 Å². The average molecular weight is 501 g/mol. The largest absolute Gasteiger partial charge is 0.418 e. The van der Waals surface area contributed by atoms with Crippen molar-refractivity contribution in [3.05, 3.63) is 59.7 Å². The van der Waals surface area contributed by atoms with Crippen LogP contribution in [0, 0.1) is 17.2 Å². The number of hydrogen-bond acceptors (Lipinski definition) is 4. The summed E-state index contributed by atoms with van der Waals surface area (Å²) in [7, 11) is 0. The second-order valence-corrected chi connectivity index (χ2v) is 8.39. The Morgan fingerprint density at radius 1 is 0.914 bits per heavy atom. The molecule has 0 aliphatic heterocycles. The first kappa shape index (κ1) is 28.1. The molecular formula is C24H25F6N3O2. The average Bonchev–Trinajstić information content (AvgIpc) is 2.78. The maximum Gasteiger partial charge on any atom is 0.418 e. The minimum atomic E-state index is -4.82. The highest BCUT2D eigenvalue weighted by molar-refractivity contribution is 5.82. The van der Waals surface area contributed by atoms with Gasteiger partial charge >= 0.3 is 12.4 Å². The van der Waals surface area contributed by atoms with E-state index in [0.29, 0.717) is 11.1 Å². The van der Waals surface area contributed by atoms with E-state index in [2.05, 4.69) is 10.6 Å². The Balaban J connectivity index is 2.28. The molecule has 0 saturated carbocycles. The monoisotopic (exact) mass is 501 g/mol. The number of aliphatic hydroxyl groups excluding tert-OH is 1. The van der Waals surface area contributed by atoms with Gasteiger partial charge in [-0.1, -0.05) is 62.4 Å². The first-order valence-electron chi connectivity index (χ1n) is 10.7. The molecule has 2 aromatic carbocycles. The van der Waals surface area contributed by atoms with E-state index in [4.69, 9.17) is 5.26 Å². The lowest BCUT2D eigenvalue weighted by Crippen LogP contribution is -2.49. The fraction of sp³-hybridized carbons (Fsp3) is 0.417. The molecule has 2 rings (SSSR count). The van der Waals surface area contributed by atoms with Gasteiger partial charge in [-0.2, -0.15) is 31.6 Å². The molecular weight excluding hydrogens is 476 g/mol. The minimum Gasteiger partial charge on any atom is -0.379 e. The molecule has 0 aliphatic rings. The van der Waals surface area contributed by atoms with Gasteiger partial charge in [-0.25, -0.2) is 0 Å². The summed E-state index contributed by atoms with van der Waals surface area (Å²) in [6, 6.07) is 8.41. The zero-order valence-electron chi connectivity index (χ0n) is 18.9. The lowest BCUT2D eigenvalue weighted by atomic mass is 9.97. The van der Waals surface area contributed by atoms with E-state index in [1.165, 1.54) is 36.4 Å². The standard InChI is InChI=1S/C24H25F6N3O2/c1-14(2)13-19(22(35)32-12-11-31)33-20(23(25,26)27)17-7-3-15(4-8-17)16-5-9-18(10-6-16)21(34)24(28,29)30/h3-10,14,19-21,33-34H,12-13H2,1-2H3,(H,32,35)/t19-,20-,21?/m0/s1. The topological polar surface area (TPSA) is 85.2 Å². The van der Waals surface area contributed by atoms with Gasteiger partial charge in [0, 0.05) is 0 Å². The number of nitriles is 1. The molecule has 1 unspecified atom stereocenters. The van der Waals surface area contributed by atoms with Crippen molar-refractivity contribution in [3.8, 4) is 17.2 Å². The van der Waals surface area contributed by atoms with Crippen LogP contribution in [0.5, 0.6) is 0 Å². The third-order valence-electron chi connectivity index (χ3n) is 5.17. The molecule has 2 aromatic rings. The second kappa shape index (κ2) is 11.6. The van der Waals surface area contributed by atoms with Crippen molar-refractivity contribution in [2.24, 2.45) is 5.92 Å². The van der Waals surface area contributed by atoms with Crippen LogP contribution in [0.15, 0.2) is 48.5 Å². The van der Waals surface area contributed by atoms with Crippen LogP contribution in [-0.4, -0.2) is 36.0 Å². The van der Waals surface area contributed by atoms with Gasteiger partial charge in [0.1, 0.15) is 12.6 Å². The smallest absolute Gasteiger partial charge is 0.379 e. The SMILES string of the molecule is CC(C)C[C@H](N[C@@H](c1ccc(-c2ccc(C(O)C(F)(F)F)cc2)cc1)C(F)(F)F)C(=O)NCC#N. The van der Waals surface area contributed by atoms with E-state index in [0.717, 1.165) is 12.1 Å². The second-order valence-electron chi connectivity index (χ2n) is 8.39. The summed E-state index contributed by atoms with van der Waals surface area (Å²) in [5, 5.41) is 22.6.